The van der Waals surface area contributed by atoms with Gasteiger partial charge in [-0.2, -0.15) is 5.10 Å². The number of hydrogen-bond acceptors (Lipinski definition) is 3. The second kappa shape index (κ2) is 6.58. The highest BCUT2D eigenvalue weighted by Crippen LogP contribution is 2.06. The van der Waals surface area contributed by atoms with Gasteiger partial charge in [-0.05, 0) is 25.3 Å². The van der Waals surface area contributed by atoms with Crippen molar-refractivity contribution in [3.05, 3.63) is 18.0 Å². The van der Waals surface area contributed by atoms with Crippen LogP contribution in [0, 0.1) is 0 Å². The monoisotopic (exact) mass is 212 g/mol. The minimum absolute atomic E-state index is 0.283. The van der Waals surface area contributed by atoms with E-state index in [1.165, 1.54) is 0 Å². The van der Waals surface area contributed by atoms with E-state index in [4.69, 9.17) is 4.74 Å². The van der Waals surface area contributed by atoms with E-state index < -0.39 is 0 Å². The molecule has 0 saturated carbocycles. The Balaban J connectivity index is 2.15. The molecule has 1 aromatic heterocycles. The average Bonchev–Trinajstić information content (AvgIpc) is 2.59. The quantitative estimate of drug-likeness (QED) is 0.689. The van der Waals surface area contributed by atoms with Crippen molar-refractivity contribution in [3.8, 4) is 0 Å². The largest absolute Gasteiger partial charge is 0.393 e. The third-order valence-corrected chi connectivity index (χ3v) is 2.26. The fourth-order valence-electron chi connectivity index (χ4n) is 1.52. The molecule has 1 aromatic rings. The van der Waals surface area contributed by atoms with Crippen LogP contribution >= 0.6 is 0 Å². The molecule has 0 aliphatic rings. The first-order valence-corrected chi connectivity index (χ1v) is 5.45. The summed E-state index contributed by atoms with van der Waals surface area (Å²) >= 11 is 0. The molecule has 0 saturated heterocycles. The van der Waals surface area contributed by atoms with Crippen LogP contribution in [0.15, 0.2) is 12.4 Å². The number of aliphatic hydroxyl groups is 1. The average molecular weight is 212 g/mol. The van der Waals surface area contributed by atoms with Crippen molar-refractivity contribution in [1.29, 1.82) is 0 Å². The number of nitrogens with zero attached hydrogens (tertiary/aromatic N) is 2. The lowest BCUT2D eigenvalue weighted by Gasteiger charge is -2.08. The number of aliphatic hydroxyl groups excluding tert-OH is 1. The molecule has 4 nitrogen and oxygen atoms in total. The maximum Gasteiger partial charge on any atom is 0.0582 e. The zero-order valence-electron chi connectivity index (χ0n) is 9.52. The molecular weight excluding hydrogens is 192 g/mol. The summed E-state index contributed by atoms with van der Waals surface area (Å²) < 4.78 is 6.96. The van der Waals surface area contributed by atoms with Crippen LogP contribution < -0.4 is 0 Å². The minimum atomic E-state index is -0.283. The predicted octanol–water partition coefficient (Wildman–Crippen LogP) is 1.14. The van der Waals surface area contributed by atoms with Crippen molar-refractivity contribution >= 4 is 0 Å². The van der Waals surface area contributed by atoms with Gasteiger partial charge in [-0.3, -0.25) is 4.68 Å². The van der Waals surface area contributed by atoms with Crippen molar-refractivity contribution in [2.45, 2.75) is 32.3 Å². The number of hydrogen-bond donors (Lipinski definition) is 1. The summed E-state index contributed by atoms with van der Waals surface area (Å²) in [5, 5.41) is 13.8. The summed E-state index contributed by atoms with van der Waals surface area (Å²) in [6.45, 7) is 3.46. The third-order valence-electron chi connectivity index (χ3n) is 2.26. The zero-order valence-corrected chi connectivity index (χ0v) is 9.52. The Labute approximate surface area is 90.9 Å². The molecule has 0 radical (unpaired) electrons. The first-order chi connectivity index (χ1) is 7.22. The molecule has 0 amide bonds. The van der Waals surface area contributed by atoms with Crippen molar-refractivity contribution in [2.24, 2.45) is 7.05 Å². The Bertz CT molecular complexity index is 273. The Kier molecular flexibility index (Phi) is 5.36. The lowest BCUT2D eigenvalue weighted by Crippen LogP contribution is -2.11. The van der Waals surface area contributed by atoms with Gasteiger partial charge in [-0.25, -0.2) is 0 Å². The summed E-state index contributed by atoms with van der Waals surface area (Å²) in [6, 6.07) is 0. The third kappa shape index (κ3) is 4.95. The number of ether oxygens (including phenoxy) is 1. The number of rotatable bonds is 7. The molecule has 0 fully saturated rings. The number of aromatic nitrogens is 2. The molecule has 1 heterocycles. The van der Waals surface area contributed by atoms with Crippen LogP contribution in [0.2, 0.25) is 0 Å². The van der Waals surface area contributed by atoms with Gasteiger partial charge in [0.25, 0.3) is 0 Å². The van der Waals surface area contributed by atoms with Crippen LogP contribution in [0.3, 0.4) is 0 Å². The molecule has 0 aliphatic heterocycles. The summed E-state index contributed by atoms with van der Waals surface area (Å²) in [5.41, 5.74) is 1.08. The van der Waals surface area contributed by atoms with Gasteiger partial charge in [0, 0.05) is 32.9 Å². The van der Waals surface area contributed by atoms with Crippen molar-refractivity contribution in [2.75, 3.05) is 13.2 Å². The standard InChI is InChI=1S/C11H20N2O2/c1-3-15-6-4-5-11(14)7-10-8-12-13(2)9-10/h8-9,11,14H,3-7H2,1-2H3. The van der Waals surface area contributed by atoms with Crippen LogP contribution in [0.5, 0.6) is 0 Å². The normalized spacial score (nSPS) is 13.0. The van der Waals surface area contributed by atoms with Crippen LogP contribution in [0.4, 0.5) is 0 Å². The molecule has 1 atom stereocenters. The Morgan fingerprint density at radius 2 is 2.40 bits per heavy atom. The highest BCUT2D eigenvalue weighted by molar-refractivity contribution is 5.04. The molecule has 1 unspecified atom stereocenters. The van der Waals surface area contributed by atoms with E-state index in [0.717, 1.165) is 31.6 Å². The highest BCUT2D eigenvalue weighted by atomic mass is 16.5. The Morgan fingerprint density at radius 1 is 1.60 bits per heavy atom. The van der Waals surface area contributed by atoms with E-state index in [1.54, 1.807) is 10.9 Å². The molecule has 0 aromatic carbocycles. The van der Waals surface area contributed by atoms with Gasteiger partial charge in [0.2, 0.25) is 0 Å². The molecule has 86 valence electrons. The van der Waals surface area contributed by atoms with Crippen LogP contribution in [-0.2, 0) is 18.2 Å². The van der Waals surface area contributed by atoms with Crippen molar-refractivity contribution in [3.63, 3.8) is 0 Å². The smallest absolute Gasteiger partial charge is 0.0582 e. The topological polar surface area (TPSA) is 47.3 Å². The summed E-state index contributed by atoms with van der Waals surface area (Å²) in [7, 11) is 1.88. The fraction of sp³-hybridized carbons (Fsp3) is 0.727. The van der Waals surface area contributed by atoms with Crippen LogP contribution in [-0.4, -0.2) is 34.2 Å². The summed E-state index contributed by atoms with van der Waals surface area (Å²) in [6.07, 6.45) is 5.83. The van der Waals surface area contributed by atoms with Crippen molar-refractivity contribution < 1.29 is 9.84 Å². The Morgan fingerprint density at radius 3 is 3.00 bits per heavy atom. The molecule has 0 bridgehead atoms. The van der Waals surface area contributed by atoms with Gasteiger partial charge in [0.1, 0.15) is 0 Å². The van der Waals surface area contributed by atoms with Gasteiger partial charge in [-0.1, -0.05) is 0 Å². The van der Waals surface area contributed by atoms with E-state index in [9.17, 15) is 5.11 Å². The van der Waals surface area contributed by atoms with E-state index in [2.05, 4.69) is 5.10 Å². The fourth-order valence-corrected chi connectivity index (χ4v) is 1.52. The maximum atomic E-state index is 9.72. The maximum absolute atomic E-state index is 9.72. The predicted molar refractivity (Wildman–Crippen MR) is 58.6 cm³/mol. The van der Waals surface area contributed by atoms with E-state index in [0.29, 0.717) is 6.42 Å². The van der Waals surface area contributed by atoms with E-state index >= 15 is 0 Å². The zero-order chi connectivity index (χ0) is 11.1. The van der Waals surface area contributed by atoms with Gasteiger partial charge in [0.05, 0.1) is 12.3 Å². The van der Waals surface area contributed by atoms with Gasteiger partial charge in [0.15, 0.2) is 0 Å². The summed E-state index contributed by atoms with van der Waals surface area (Å²) in [5.74, 6) is 0. The van der Waals surface area contributed by atoms with E-state index in [1.807, 2.05) is 20.2 Å². The highest BCUT2D eigenvalue weighted by Gasteiger charge is 2.06. The summed E-state index contributed by atoms with van der Waals surface area (Å²) in [4.78, 5) is 0. The molecule has 4 heteroatoms. The molecule has 1 rings (SSSR count). The molecule has 0 spiro atoms. The van der Waals surface area contributed by atoms with Crippen LogP contribution in [0.1, 0.15) is 25.3 Å². The van der Waals surface area contributed by atoms with E-state index in [-0.39, 0.29) is 6.10 Å². The Hall–Kier alpha value is -0.870. The molecule has 0 aliphatic carbocycles. The van der Waals surface area contributed by atoms with Crippen LogP contribution in [0.25, 0.3) is 0 Å². The second-order valence-electron chi connectivity index (χ2n) is 3.72. The molecule has 1 N–H and O–H groups in total. The molecular formula is C11H20N2O2. The van der Waals surface area contributed by atoms with Gasteiger partial charge in [-0.15, -0.1) is 0 Å². The lowest BCUT2D eigenvalue weighted by atomic mass is 10.1. The van der Waals surface area contributed by atoms with Gasteiger partial charge >= 0.3 is 0 Å². The van der Waals surface area contributed by atoms with Gasteiger partial charge < -0.3 is 9.84 Å². The lowest BCUT2D eigenvalue weighted by molar-refractivity contribution is 0.114. The molecule has 15 heavy (non-hydrogen) atoms. The second-order valence-corrected chi connectivity index (χ2v) is 3.72. The number of aryl methyl sites for hydroxylation is 1. The minimum Gasteiger partial charge on any atom is -0.393 e. The SMILES string of the molecule is CCOCCCC(O)Cc1cnn(C)c1. The van der Waals surface area contributed by atoms with Crippen molar-refractivity contribution in [1.82, 2.24) is 9.78 Å². The first kappa shape index (κ1) is 12.2. The first-order valence-electron chi connectivity index (χ1n) is 5.45.